The number of imide groups is 1. The summed E-state index contributed by atoms with van der Waals surface area (Å²) in [5.41, 5.74) is 1.61. The van der Waals surface area contributed by atoms with E-state index in [4.69, 9.17) is 14.6 Å². The molecule has 204 valence electrons. The van der Waals surface area contributed by atoms with Crippen LogP contribution in [0.1, 0.15) is 47.0 Å². The summed E-state index contributed by atoms with van der Waals surface area (Å²) in [7, 11) is 1.26. The van der Waals surface area contributed by atoms with Crippen LogP contribution in [0.4, 0.5) is 13.2 Å². The molecule has 2 aliphatic rings. The fourth-order valence-electron chi connectivity index (χ4n) is 3.72. The second-order valence-electron chi connectivity index (χ2n) is 8.14. The molecule has 4 rings (SSSR count). The van der Waals surface area contributed by atoms with Gasteiger partial charge in [-0.05, 0) is 30.3 Å². The number of rotatable bonds is 3. The van der Waals surface area contributed by atoms with Crippen LogP contribution in [0.25, 0.3) is 0 Å². The largest absolute Gasteiger partial charge is 0.490 e. The van der Waals surface area contributed by atoms with Gasteiger partial charge in [-0.15, -0.1) is 0 Å². The molecular formula is C26H22F3N3O7. The number of ether oxygens (including phenoxy) is 1. The van der Waals surface area contributed by atoms with Gasteiger partial charge in [-0.2, -0.15) is 13.2 Å². The number of piperazine rings is 1. The molecule has 13 heteroatoms. The van der Waals surface area contributed by atoms with Gasteiger partial charge in [0, 0.05) is 37.3 Å². The Balaban J connectivity index is 0.000000532. The Labute approximate surface area is 220 Å². The molecule has 0 atom stereocenters. The Morgan fingerprint density at radius 3 is 2.10 bits per heavy atom. The van der Waals surface area contributed by atoms with E-state index < -0.39 is 29.9 Å². The van der Waals surface area contributed by atoms with Crippen molar-refractivity contribution in [2.24, 2.45) is 0 Å². The summed E-state index contributed by atoms with van der Waals surface area (Å²) in [6.45, 7) is 2.50. The fourth-order valence-corrected chi connectivity index (χ4v) is 3.72. The average molecular weight is 545 g/mol. The van der Waals surface area contributed by atoms with Crippen molar-refractivity contribution in [1.82, 2.24) is 15.1 Å². The smallest absolute Gasteiger partial charge is 0.475 e. The van der Waals surface area contributed by atoms with E-state index >= 15 is 0 Å². The summed E-state index contributed by atoms with van der Waals surface area (Å²) < 4.78 is 36.6. The molecular weight excluding hydrogens is 523 g/mol. The lowest BCUT2D eigenvalue weighted by Gasteiger charge is -2.27. The maximum Gasteiger partial charge on any atom is 0.490 e. The zero-order chi connectivity index (χ0) is 28.7. The second kappa shape index (κ2) is 12.2. The summed E-state index contributed by atoms with van der Waals surface area (Å²) >= 11 is 0. The monoisotopic (exact) mass is 545 g/mol. The molecule has 0 aromatic heterocycles. The molecule has 1 saturated heterocycles. The molecule has 2 heterocycles. The summed E-state index contributed by atoms with van der Waals surface area (Å²) in [5, 5.41) is 10.3. The number of halogens is 3. The summed E-state index contributed by atoms with van der Waals surface area (Å²) in [5.74, 6) is 1.33. The van der Waals surface area contributed by atoms with Crippen molar-refractivity contribution in [3.63, 3.8) is 0 Å². The maximum absolute atomic E-state index is 12.8. The highest BCUT2D eigenvalue weighted by Gasteiger charge is 2.38. The molecule has 1 fully saturated rings. The quantitative estimate of drug-likeness (QED) is 0.339. The lowest BCUT2D eigenvalue weighted by molar-refractivity contribution is -0.192. The number of carboxylic acid groups (broad SMARTS) is 1. The number of aliphatic carboxylic acids is 1. The number of amides is 3. The van der Waals surface area contributed by atoms with E-state index in [1.165, 1.54) is 13.2 Å². The molecule has 2 N–H and O–H groups in total. The predicted octanol–water partition coefficient (Wildman–Crippen LogP) is 1.80. The highest BCUT2D eigenvalue weighted by molar-refractivity contribution is 6.21. The maximum atomic E-state index is 12.8. The molecule has 2 aliphatic heterocycles. The van der Waals surface area contributed by atoms with Gasteiger partial charge in [0.25, 0.3) is 17.7 Å². The summed E-state index contributed by atoms with van der Waals surface area (Å²) in [4.78, 5) is 61.7. The van der Waals surface area contributed by atoms with Crippen molar-refractivity contribution >= 4 is 29.7 Å². The van der Waals surface area contributed by atoms with Crippen molar-refractivity contribution in [2.75, 3.05) is 39.8 Å². The van der Waals surface area contributed by atoms with Crippen LogP contribution >= 0.6 is 0 Å². The van der Waals surface area contributed by atoms with E-state index in [9.17, 15) is 32.3 Å². The Morgan fingerprint density at radius 2 is 1.59 bits per heavy atom. The molecule has 0 saturated carbocycles. The minimum atomic E-state index is -5.08. The fraction of sp³-hybridized carbons (Fsp3) is 0.269. The number of benzene rings is 2. The Kier molecular flexibility index (Phi) is 9.05. The normalized spacial score (nSPS) is 14.5. The van der Waals surface area contributed by atoms with Crippen molar-refractivity contribution in [1.29, 1.82) is 0 Å². The zero-order valence-corrected chi connectivity index (χ0v) is 20.5. The van der Waals surface area contributed by atoms with Gasteiger partial charge in [-0.1, -0.05) is 24.0 Å². The van der Waals surface area contributed by atoms with Gasteiger partial charge in [0.2, 0.25) is 0 Å². The highest BCUT2D eigenvalue weighted by atomic mass is 19.4. The summed E-state index contributed by atoms with van der Waals surface area (Å²) in [6, 6.07) is 11.2. The van der Waals surface area contributed by atoms with Gasteiger partial charge in [0.1, 0.15) is 0 Å². The topological polar surface area (TPSA) is 133 Å². The lowest BCUT2D eigenvalue weighted by atomic mass is 10.0. The van der Waals surface area contributed by atoms with E-state index in [2.05, 4.69) is 17.2 Å². The average Bonchev–Trinajstić information content (AvgIpc) is 3.17. The predicted molar refractivity (Wildman–Crippen MR) is 129 cm³/mol. The van der Waals surface area contributed by atoms with E-state index in [-0.39, 0.29) is 18.0 Å². The molecule has 39 heavy (non-hydrogen) atoms. The number of hydrogen-bond donors (Lipinski definition) is 2. The van der Waals surface area contributed by atoms with Crippen LogP contribution in [0.5, 0.6) is 0 Å². The van der Waals surface area contributed by atoms with Gasteiger partial charge in [-0.3, -0.25) is 19.3 Å². The molecule has 2 aromatic rings. The number of nitrogens with one attached hydrogen (secondary N) is 1. The Bertz CT molecular complexity index is 1340. The first-order chi connectivity index (χ1) is 18.5. The van der Waals surface area contributed by atoms with Crippen LogP contribution < -0.4 is 5.32 Å². The number of carboxylic acids is 1. The van der Waals surface area contributed by atoms with Crippen molar-refractivity contribution in [3.05, 3.63) is 70.3 Å². The van der Waals surface area contributed by atoms with Crippen molar-refractivity contribution in [3.8, 4) is 11.8 Å². The standard InChI is InChI=1S/C24H21N3O5.C2HF3O2/c1-32-24(31)18-9-8-17(21(28)26-13-10-25-11-14-26)15-16(18)5-4-12-27-22(29)19-6-2-3-7-20(19)23(27)30;3-2(4,5)1(6)7/h2-3,6-9,15,25H,10-14H2,1H3;(H,6,7). The van der Waals surface area contributed by atoms with Gasteiger partial charge >= 0.3 is 18.1 Å². The minimum Gasteiger partial charge on any atom is -0.475 e. The molecule has 0 unspecified atom stereocenters. The molecule has 3 amide bonds. The third kappa shape index (κ3) is 6.79. The van der Waals surface area contributed by atoms with E-state index in [1.807, 2.05) is 0 Å². The lowest BCUT2D eigenvalue weighted by Crippen LogP contribution is -2.46. The van der Waals surface area contributed by atoms with Crippen LogP contribution in [-0.4, -0.2) is 90.6 Å². The summed E-state index contributed by atoms with van der Waals surface area (Å²) in [6.07, 6.45) is -5.08. The number of alkyl halides is 3. The number of carbonyl (C=O) groups is 5. The van der Waals surface area contributed by atoms with Gasteiger partial charge < -0.3 is 20.1 Å². The van der Waals surface area contributed by atoms with E-state index in [0.717, 1.165) is 18.0 Å². The third-order valence-corrected chi connectivity index (χ3v) is 5.66. The molecule has 0 bridgehead atoms. The number of carbonyl (C=O) groups excluding carboxylic acids is 4. The first-order valence-electron chi connectivity index (χ1n) is 11.4. The third-order valence-electron chi connectivity index (χ3n) is 5.66. The number of fused-ring (bicyclic) bond motifs is 1. The number of methoxy groups -OCH3 is 1. The molecule has 0 aliphatic carbocycles. The van der Waals surface area contributed by atoms with Gasteiger partial charge in [0.05, 0.1) is 30.3 Å². The number of esters is 1. The van der Waals surface area contributed by atoms with Crippen LogP contribution in [-0.2, 0) is 9.53 Å². The van der Waals surface area contributed by atoms with Crippen LogP contribution in [0, 0.1) is 11.8 Å². The first kappa shape index (κ1) is 28.9. The van der Waals surface area contributed by atoms with Crippen molar-refractivity contribution in [2.45, 2.75) is 6.18 Å². The van der Waals surface area contributed by atoms with Gasteiger partial charge in [-0.25, -0.2) is 9.59 Å². The Hall–Kier alpha value is -4.70. The van der Waals surface area contributed by atoms with Crippen LogP contribution in [0.15, 0.2) is 42.5 Å². The van der Waals surface area contributed by atoms with E-state index in [1.54, 1.807) is 41.3 Å². The number of nitrogens with zero attached hydrogens (tertiary/aromatic N) is 2. The molecule has 0 spiro atoms. The van der Waals surface area contributed by atoms with E-state index in [0.29, 0.717) is 35.3 Å². The minimum absolute atomic E-state index is 0.136. The molecule has 0 radical (unpaired) electrons. The molecule has 2 aromatic carbocycles. The zero-order valence-electron chi connectivity index (χ0n) is 20.5. The Morgan fingerprint density at radius 1 is 1.03 bits per heavy atom. The van der Waals surface area contributed by atoms with Crippen molar-refractivity contribution < 1.29 is 47.0 Å². The van der Waals surface area contributed by atoms with Gasteiger partial charge in [0.15, 0.2) is 0 Å². The highest BCUT2D eigenvalue weighted by Crippen LogP contribution is 2.22. The SMILES string of the molecule is COC(=O)c1ccc(C(=O)N2CCNCC2)cc1C#CCN1C(=O)c2ccccc2C1=O.O=C(O)C(F)(F)F. The molecule has 10 nitrogen and oxygen atoms in total. The second-order valence-corrected chi connectivity index (χ2v) is 8.14. The van der Waals surface area contributed by atoms with Crippen LogP contribution in [0.3, 0.4) is 0 Å². The van der Waals surface area contributed by atoms with Crippen LogP contribution in [0.2, 0.25) is 0 Å². The first-order valence-corrected chi connectivity index (χ1v) is 11.4. The number of hydrogen-bond acceptors (Lipinski definition) is 7.